The smallest absolute Gasteiger partial charge is 0.278 e. The SMILES string of the molecule is CNc1ncc2c(=O)n(C(C)CO)n(-c3cccc(C(C)(C)C)n3)c2n1. The zero-order valence-corrected chi connectivity index (χ0v) is 15.7. The van der Waals surface area contributed by atoms with Gasteiger partial charge in [-0.15, -0.1) is 0 Å². The quantitative estimate of drug-likeness (QED) is 0.741. The van der Waals surface area contributed by atoms with E-state index in [0.29, 0.717) is 22.8 Å². The van der Waals surface area contributed by atoms with E-state index >= 15 is 0 Å². The summed E-state index contributed by atoms with van der Waals surface area (Å²) in [5.74, 6) is 0.984. The second kappa shape index (κ2) is 6.53. The van der Waals surface area contributed by atoms with Crippen LogP contribution in [0.5, 0.6) is 0 Å². The Hall–Kier alpha value is -2.74. The van der Waals surface area contributed by atoms with Crippen LogP contribution in [0.25, 0.3) is 16.9 Å². The van der Waals surface area contributed by atoms with Crippen LogP contribution in [0.15, 0.2) is 29.2 Å². The highest BCUT2D eigenvalue weighted by atomic mass is 16.3. The van der Waals surface area contributed by atoms with Gasteiger partial charge >= 0.3 is 0 Å². The monoisotopic (exact) mass is 356 g/mol. The van der Waals surface area contributed by atoms with E-state index in [9.17, 15) is 9.90 Å². The third-order valence-electron chi connectivity index (χ3n) is 4.25. The number of rotatable bonds is 4. The number of aliphatic hydroxyl groups excluding tert-OH is 1. The molecular weight excluding hydrogens is 332 g/mol. The molecule has 3 heterocycles. The summed E-state index contributed by atoms with van der Waals surface area (Å²) in [6.07, 6.45) is 1.50. The first-order valence-corrected chi connectivity index (χ1v) is 8.54. The second-order valence-electron chi connectivity index (χ2n) is 7.31. The summed E-state index contributed by atoms with van der Waals surface area (Å²) in [6, 6.07) is 5.26. The van der Waals surface area contributed by atoms with Crippen molar-refractivity contribution in [2.45, 2.75) is 39.2 Å². The number of anilines is 1. The molecule has 0 spiro atoms. The molecule has 0 aliphatic rings. The summed E-state index contributed by atoms with van der Waals surface area (Å²) in [4.78, 5) is 26.3. The summed E-state index contributed by atoms with van der Waals surface area (Å²) in [5, 5.41) is 12.9. The molecule has 3 rings (SSSR count). The van der Waals surface area contributed by atoms with Crippen molar-refractivity contribution in [3.05, 3.63) is 40.4 Å². The van der Waals surface area contributed by atoms with Crippen LogP contribution >= 0.6 is 0 Å². The van der Waals surface area contributed by atoms with E-state index in [4.69, 9.17) is 4.98 Å². The van der Waals surface area contributed by atoms with Crippen molar-refractivity contribution >= 4 is 17.0 Å². The second-order valence-corrected chi connectivity index (χ2v) is 7.31. The molecule has 138 valence electrons. The molecule has 0 amide bonds. The molecule has 8 nitrogen and oxygen atoms in total. The van der Waals surface area contributed by atoms with Gasteiger partial charge in [0.1, 0.15) is 5.39 Å². The van der Waals surface area contributed by atoms with Gasteiger partial charge in [0, 0.05) is 24.4 Å². The van der Waals surface area contributed by atoms with Crippen LogP contribution in [0.1, 0.15) is 39.4 Å². The lowest BCUT2D eigenvalue weighted by Gasteiger charge is -2.20. The Labute approximate surface area is 151 Å². The molecule has 26 heavy (non-hydrogen) atoms. The number of fused-ring (bicyclic) bond motifs is 1. The van der Waals surface area contributed by atoms with Crippen molar-refractivity contribution in [2.75, 3.05) is 19.0 Å². The highest BCUT2D eigenvalue weighted by molar-refractivity contribution is 5.76. The van der Waals surface area contributed by atoms with E-state index in [0.717, 1.165) is 5.69 Å². The van der Waals surface area contributed by atoms with Crippen LogP contribution in [0, 0.1) is 0 Å². The van der Waals surface area contributed by atoms with Crippen LogP contribution in [-0.4, -0.2) is 43.1 Å². The normalized spacial score (nSPS) is 13.2. The van der Waals surface area contributed by atoms with Gasteiger partial charge in [0.05, 0.1) is 12.6 Å². The maximum atomic E-state index is 12.9. The molecule has 1 unspecified atom stereocenters. The standard InChI is InChI=1S/C18H24N6O2/c1-11(10-25)23-16(26)12-9-20-17(19-5)22-15(12)24(23)14-8-6-7-13(21-14)18(2,3)4/h6-9,11,25H,10H2,1-5H3,(H,19,20,22). The Morgan fingerprint density at radius 3 is 2.62 bits per heavy atom. The zero-order chi connectivity index (χ0) is 19.1. The topological polar surface area (TPSA) is 97.9 Å². The van der Waals surface area contributed by atoms with E-state index in [2.05, 4.69) is 36.1 Å². The molecular formula is C18H24N6O2. The van der Waals surface area contributed by atoms with E-state index in [1.54, 1.807) is 18.7 Å². The largest absolute Gasteiger partial charge is 0.394 e. The zero-order valence-electron chi connectivity index (χ0n) is 15.7. The van der Waals surface area contributed by atoms with Gasteiger partial charge in [-0.2, -0.15) is 4.98 Å². The van der Waals surface area contributed by atoms with Crippen molar-refractivity contribution < 1.29 is 5.11 Å². The van der Waals surface area contributed by atoms with Crippen LogP contribution in [0.3, 0.4) is 0 Å². The van der Waals surface area contributed by atoms with Gasteiger partial charge in [-0.25, -0.2) is 19.3 Å². The lowest BCUT2D eigenvalue weighted by molar-refractivity contribution is 0.221. The van der Waals surface area contributed by atoms with Gasteiger partial charge in [0.15, 0.2) is 11.5 Å². The minimum atomic E-state index is -0.435. The fourth-order valence-corrected chi connectivity index (χ4v) is 2.77. The van der Waals surface area contributed by atoms with Gasteiger partial charge in [-0.3, -0.25) is 4.79 Å². The molecule has 0 radical (unpaired) electrons. The Bertz CT molecular complexity index is 999. The van der Waals surface area contributed by atoms with Crippen molar-refractivity contribution in [2.24, 2.45) is 0 Å². The van der Waals surface area contributed by atoms with Crippen LogP contribution in [-0.2, 0) is 5.41 Å². The fourth-order valence-electron chi connectivity index (χ4n) is 2.77. The van der Waals surface area contributed by atoms with Gasteiger partial charge in [0.25, 0.3) is 5.56 Å². The minimum Gasteiger partial charge on any atom is -0.394 e. The van der Waals surface area contributed by atoms with Crippen LogP contribution in [0.2, 0.25) is 0 Å². The summed E-state index contributed by atoms with van der Waals surface area (Å²) >= 11 is 0. The van der Waals surface area contributed by atoms with E-state index in [1.807, 2.05) is 18.2 Å². The summed E-state index contributed by atoms with van der Waals surface area (Å²) in [6.45, 7) is 7.84. The molecule has 3 aromatic rings. The Balaban J connectivity index is 2.38. The van der Waals surface area contributed by atoms with Gasteiger partial charge in [0.2, 0.25) is 5.95 Å². The molecule has 8 heteroatoms. The first kappa shape index (κ1) is 18.1. The lowest BCUT2D eigenvalue weighted by atomic mass is 9.92. The Kier molecular flexibility index (Phi) is 4.53. The van der Waals surface area contributed by atoms with Gasteiger partial charge in [-0.1, -0.05) is 26.8 Å². The third kappa shape index (κ3) is 2.96. The molecule has 0 aliphatic carbocycles. The minimum absolute atomic E-state index is 0.141. The predicted molar refractivity (Wildman–Crippen MR) is 101 cm³/mol. The van der Waals surface area contributed by atoms with Crippen molar-refractivity contribution in [3.8, 4) is 5.82 Å². The fraction of sp³-hybridized carbons (Fsp3) is 0.444. The summed E-state index contributed by atoms with van der Waals surface area (Å²) < 4.78 is 3.14. The molecule has 0 aliphatic heterocycles. The maximum absolute atomic E-state index is 12.9. The first-order valence-electron chi connectivity index (χ1n) is 8.54. The van der Waals surface area contributed by atoms with E-state index in [1.165, 1.54) is 10.9 Å². The van der Waals surface area contributed by atoms with Crippen molar-refractivity contribution in [1.82, 2.24) is 24.3 Å². The number of hydrogen-bond donors (Lipinski definition) is 2. The number of hydrogen-bond acceptors (Lipinski definition) is 6. The van der Waals surface area contributed by atoms with Crippen molar-refractivity contribution in [1.29, 1.82) is 0 Å². The molecule has 0 fully saturated rings. The molecule has 0 saturated carbocycles. The molecule has 0 saturated heterocycles. The Morgan fingerprint density at radius 1 is 1.27 bits per heavy atom. The molecule has 0 aromatic carbocycles. The number of aromatic nitrogens is 5. The summed E-state index contributed by atoms with van der Waals surface area (Å²) in [5.41, 5.74) is 0.952. The Morgan fingerprint density at radius 2 is 2.00 bits per heavy atom. The number of pyridine rings is 1. The van der Waals surface area contributed by atoms with Crippen LogP contribution < -0.4 is 10.9 Å². The summed E-state index contributed by atoms with van der Waals surface area (Å²) in [7, 11) is 1.72. The predicted octanol–water partition coefficient (Wildman–Crippen LogP) is 1.87. The van der Waals surface area contributed by atoms with Crippen molar-refractivity contribution in [3.63, 3.8) is 0 Å². The molecule has 2 N–H and O–H groups in total. The van der Waals surface area contributed by atoms with E-state index < -0.39 is 6.04 Å². The average Bonchev–Trinajstić information content (AvgIpc) is 2.92. The molecule has 1 atom stereocenters. The molecule has 3 aromatic heterocycles. The van der Waals surface area contributed by atoms with Crippen LogP contribution in [0.4, 0.5) is 5.95 Å². The first-order chi connectivity index (χ1) is 12.3. The third-order valence-corrected chi connectivity index (χ3v) is 4.25. The lowest BCUT2D eigenvalue weighted by Crippen LogP contribution is -2.28. The number of aliphatic hydroxyl groups is 1. The number of nitrogens with zero attached hydrogens (tertiary/aromatic N) is 5. The van der Waals surface area contributed by atoms with E-state index in [-0.39, 0.29) is 17.6 Å². The molecule has 0 bridgehead atoms. The number of nitrogens with one attached hydrogen (secondary N) is 1. The highest BCUT2D eigenvalue weighted by Crippen LogP contribution is 2.23. The average molecular weight is 356 g/mol. The highest BCUT2D eigenvalue weighted by Gasteiger charge is 2.23. The van der Waals surface area contributed by atoms with Gasteiger partial charge < -0.3 is 10.4 Å². The van der Waals surface area contributed by atoms with Gasteiger partial charge in [-0.05, 0) is 19.1 Å². The maximum Gasteiger partial charge on any atom is 0.278 e.